The summed E-state index contributed by atoms with van der Waals surface area (Å²) in [7, 11) is 0. The average Bonchev–Trinajstić information content (AvgIpc) is 2.64. The summed E-state index contributed by atoms with van der Waals surface area (Å²) in [5.41, 5.74) is 8.74. The first-order valence-electron chi connectivity index (χ1n) is 5.34. The highest BCUT2D eigenvalue weighted by atomic mass is 127. The number of nitrogens with two attached hydrogens (primary N) is 1. The lowest BCUT2D eigenvalue weighted by Crippen LogP contribution is -2.00. The maximum Gasteiger partial charge on any atom is 0.205 e. The SMILES string of the molecule is Nc1nc2ccc(Cl)cc2n1-c1cccc(I)c1. The van der Waals surface area contributed by atoms with E-state index >= 15 is 0 Å². The first-order chi connectivity index (χ1) is 8.65. The number of nitrogens with zero attached hydrogens (tertiary/aromatic N) is 2. The van der Waals surface area contributed by atoms with Gasteiger partial charge in [-0.25, -0.2) is 4.98 Å². The van der Waals surface area contributed by atoms with Crippen LogP contribution in [0.2, 0.25) is 5.02 Å². The molecule has 5 heteroatoms. The Morgan fingerprint density at radius 2 is 2.00 bits per heavy atom. The molecule has 1 aromatic heterocycles. The lowest BCUT2D eigenvalue weighted by atomic mass is 10.3. The fraction of sp³-hybridized carbons (Fsp3) is 0. The van der Waals surface area contributed by atoms with Gasteiger partial charge in [-0.05, 0) is 59.0 Å². The first-order valence-corrected chi connectivity index (χ1v) is 6.80. The van der Waals surface area contributed by atoms with Crippen LogP contribution in [0.3, 0.4) is 0 Å². The highest BCUT2D eigenvalue weighted by molar-refractivity contribution is 14.1. The molecule has 2 N–H and O–H groups in total. The van der Waals surface area contributed by atoms with Crippen molar-refractivity contribution in [3.8, 4) is 5.69 Å². The summed E-state index contributed by atoms with van der Waals surface area (Å²) in [6.45, 7) is 0. The second-order valence-electron chi connectivity index (χ2n) is 3.92. The largest absolute Gasteiger partial charge is 0.369 e. The van der Waals surface area contributed by atoms with Crippen molar-refractivity contribution in [1.82, 2.24) is 9.55 Å². The van der Waals surface area contributed by atoms with Crippen LogP contribution in [-0.4, -0.2) is 9.55 Å². The Balaban J connectivity index is 2.34. The number of hydrogen-bond donors (Lipinski definition) is 1. The molecule has 1 heterocycles. The quantitative estimate of drug-likeness (QED) is 0.662. The lowest BCUT2D eigenvalue weighted by Gasteiger charge is -2.06. The van der Waals surface area contributed by atoms with Gasteiger partial charge in [0.25, 0.3) is 0 Å². The molecule has 3 nitrogen and oxygen atoms in total. The smallest absolute Gasteiger partial charge is 0.205 e. The molecule has 90 valence electrons. The van der Waals surface area contributed by atoms with Gasteiger partial charge in [0.2, 0.25) is 5.95 Å². The molecule has 0 atom stereocenters. The number of nitrogen functional groups attached to an aromatic ring is 1. The molecule has 0 aliphatic carbocycles. The molecule has 3 rings (SSSR count). The van der Waals surface area contributed by atoms with Gasteiger partial charge in [0.15, 0.2) is 0 Å². The Morgan fingerprint density at radius 3 is 2.78 bits per heavy atom. The summed E-state index contributed by atoms with van der Waals surface area (Å²) in [5.74, 6) is 0.467. The van der Waals surface area contributed by atoms with E-state index in [1.807, 2.05) is 41.0 Å². The second-order valence-corrected chi connectivity index (χ2v) is 5.60. The van der Waals surface area contributed by atoms with E-state index in [0.29, 0.717) is 11.0 Å². The van der Waals surface area contributed by atoms with E-state index in [4.69, 9.17) is 17.3 Å². The summed E-state index contributed by atoms with van der Waals surface area (Å²) in [6.07, 6.45) is 0. The Morgan fingerprint density at radius 1 is 1.17 bits per heavy atom. The topological polar surface area (TPSA) is 43.8 Å². The van der Waals surface area contributed by atoms with Crippen molar-refractivity contribution in [1.29, 1.82) is 0 Å². The minimum absolute atomic E-state index is 0.467. The molecule has 0 unspecified atom stereocenters. The van der Waals surface area contributed by atoms with Crippen molar-refractivity contribution in [3.05, 3.63) is 51.1 Å². The maximum absolute atomic E-state index is 6.04. The van der Waals surface area contributed by atoms with Gasteiger partial charge in [0.1, 0.15) is 0 Å². The second kappa shape index (κ2) is 4.44. The standard InChI is InChI=1S/C13H9ClIN3/c14-8-4-5-11-12(6-8)18(13(16)17-11)10-3-1-2-9(15)7-10/h1-7H,(H2,16,17). The van der Waals surface area contributed by atoms with Crippen molar-refractivity contribution >= 4 is 51.2 Å². The van der Waals surface area contributed by atoms with Crippen LogP contribution in [0.4, 0.5) is 5.95 Å². The van der Waals surface area contributed by atoms with Crippen molar-refractivity contribution in [2.24, 2.45) is 0 Å². The van der Waals surface area contributed by atoms with Crippen LogP contribution in [0, 0.1) is 3.57 Å². The molecule has 0 saturated carbocycles. The number of rotatable bonds is 1. The molecule has 0 radical (unpaired) electrons. The summed E-state index contributed by atoms with van der Waals surface area (Å²) in [4.78, 5) is 4.34. The van der Waals surface area contributed by atoms with Crippen molar-refractivity contribution in [2.45, 2.75) is 0 Å². The molecule has 0 aliphatic rings. The minimum atomic E-state index is 0.467. The van der Waals surface area contributed by atoms with Gasteiger partial charge in [0.05, 0.1) is 16.7 Å². The number of imidazole rings is 1. The molecule has 0 aliphatic heterocycles. The average molecular weight is 370 g/mol. The normalized spacial score (nSPS) is 11.0. The van der Waals surface area contributed by atoms with Gasteiger partial charge >= 0.3 is 0 Å². The third kappa shape index (κ3) is 1.95. The predicted octanol–water partition coefficient (Wildman–Crippen LogP) is 3.87. The van der Waals surface area contributed by atoms with E-state index in [0.717, 1.165) is 20.3 Å². The van der Waals surface area contributed by atoms with Crippen molar-refractivity contribution in [2.75, 3.05) is 5.73 Å². The Bertz CT molecular complexity index is 736. The third-order valence-electron chi connectivity index (χ3n) is 2.71. The molecular formula is C13H9ClIN3. The number of halogens is 2. The van der Waals surface area contributed by atoms with E-state index < -0.39 is 0 Å². The molecular weight excluding hydrogens is 361 g/mol. The van der Waals surface area contributed by atoms with Crippen molar-refractivity contribution in [3.63, 3.8) is 0 Å². The molecule has 0 spiro atoms. The Kier molecular flexibility index (Phi) is 2.91. The first kappa shape index (κ1) is 11.8. The zero-order chi connectivity index (χ0) is 12.7. The zero-order valence-electron chi connectivity index (χ0n) is 9.27. The fourth-order valence-electron chi connectivity index (χ4n) is 1.95. The van der Waals surface area contributed by atoms with Crippen LogP contribution in [0.1, 0.15) is 0 Å². The Hall–Kier alpha value is -1.27. The molecule has 0 bridgehead atoms. The molecule has 0 amide bonds. The number of anilines is 1. The van der Waals surface area contributed by atoms with E-state index in [2.05, 4.69) is 33.6 Å². The van der Waals surface area contributed by atoms with Crippen LogP contribution in [0.15, 0.2) is 42.5 Å². The number of fused-ring (bicyclic) bond motifs is 1. The van der Waals surface area contributed by atoms with Gasteiger partial charge in [-0.3, -0.25) is 4.57 Å². The van der Waals surface area contributed by atoms with Gasteiger partial charge in [0, 0.05) is 8.59 Å². The van der Waals surface area contributed by atoms with Gasteiger partial charge < -0.3 is 5.73 Å². The van der Waals surface area contributed by atoms with Crippen LogP contribution in [0.5, 0.6) is 0 Å². The lowest BCUT2D eigenvalue weighted by molar-refractivity contribution is 1.11. The summed E-state index contributed by atoms with van der Waals surface area (Å²) < 4.78 is 3.05. The molecule has 18 heavy (non-hydrogen) atoms. The van der Waals surface area contributed by atoms with Gasteiger partial charge in [-0.2, -0.15) is 0 Å². The molecule has 0 fully saturated rings. The predicted molar refractivity (Wildman–Crippen MR) is 83.2 cm³/mol. The molecule has 0 saturated heterocycles. The number of benzene rings is 2. The summed E-state index contributed by atoms with van der Waals surface area (Å²) in [6, 6.07) is 13.6. The van der Waals surface area contributed by atoms with Crippen molar-refractivity contribution < 1.29 is 0 Å². The zero-order valence-corrected chi connectivity index (χ0v) is 12.2. The molecule has 2 aromatic carbocycles. The van der Waals surface area contributed by atoms with E-state index in [9.17, 15) is 0 Å². The summed E-state index contributed by atoms with van der Waals surface area (Å²) in [5, 5.41) is 0.675. The highest BCUT2D eigenvalue weighted by Crippen LogP contribution is 2.26. The van der Waals surface area contributed by atoms with Gasteiger partial charge in [-0.1, -0.05) is 17.7 Å². The van der Waals surface area contributed by atoms with Crippen LogP contribution in [0.25, 0.3) is 16.7 Å². The van der Waals surface area contributed by atoms with E-state index in [-0.39, 0.29) is 0 Å². The third-order valence-corrected chi connectivity index (χ3v) is 3.61. The fourth-order valence-corrected chi connectivity index (χ4v) is 2.65. The van der Waals surface area contributed by atoms with Crippen LogP contribution < -0.4 is 5.73 Å². The van der Waals surface area contributed by atoms with Crippen LogP contribution in [-0.2, 0) is 0 Å². The van der Waals surface area contributed by atoms with Gasteiger partial charge in [-0.15, -0.1) is 0 Å². The maximum atomic E-state index is 6.04. The number of aromatic nitrogens is 2. The number of hydrogen-bond acceptors (Lipinski definition) is 2. The summed E-state index contributed by atoms with van der Waals surface area (Å²) >= 11 is 8.31. The van der Waals surface area contributed by atoms with E-state index in [1.54, 1.807) is 0 Å². The molecule has 3 aromatic rings. The Labute approximate surface area is 123 Å². The monoisotopic (exact) mass is 369 g/mol. The highest BCUT2D eigenvalue weighted by Gasteiger charge is 2.10. The minimum Gasteiger partial charge on any atom is -0.369 e. The van der Waals surface area contributed by atoms with E-state index in [1.165, 1.54) is 0 Å². The van der Waals surface area contributed by atoms with Crippen LogP contribution >= 0.6 is 34.2 Å².